The van der Waals surface area contributed by atoms with Crippen LogP contribution < -0.4 is 0 Å². The molecule has 0 bridgehead atoms. The molecule has 0 saturated heterocycles. The molecule has 0 amide bonds. The maximum absolute atomic E-state index is 5.54. The molecule has 3 aromatic rings. The monoisotopic (exact) mass is 319 g/mol. The van der Waals surface area contributed by atoms with Gasteiger partial charge in [0.25, 0.3) is 0 Å². The quantitative estimate of drug-likeness (QED) is 0.734. The number of benzene rings is 2. The first-order valence-electron chi connectivity index (χ1n) is 8.47. The second kappa shape index (κ2) is 6.57. The molecule has 0 fully saturated rings. The van der Waals surface area contributed by atoms with Crippen molar-refractivity contribution in [1.82, 2.24) is 15.0 Å². The molecule has 122 valence electrons. The second-order valence-electron chi connectivity index (χ2n) is 6.38. The van der Waals surface area contributed by atoms with Gasteiger partial charge in [0.05, 0.1) is 6.04 Å². The summed E-state index contributed by atoms with van der Waals surface area (Å²) in [7, 11) is 0. The lowest BCUT2D eigenvalue weighted by atomic mass is 9.99. The molecule has 1 aliphatic heterocycles. The Bertz CT molecular complexity index is 813. The Balaban J connectivity index is 1.47. The minimum absolute atomic E-state index is 0.135. The summed E-state index contributed by atoms with van der Waals surface area (Å²) in [6, 6.07) is 19.0. The summed E-state index contributed by atoms with van der Waals surface area (Å²) in [6.07, 6.45) is 1.78. The summed E-state index contributed by atoms with van der Waals surface area (Å²) in [4.78, 5) is 7.02. The molecule has 0 N–H and O–H groups in total. The lowest BCUT2D eigenvalue weighted by Gasteiger charge is -2.31. The van der Waals surface area contributed by atoms with Gasteiger partial charge in [-0.3, -0.25) is 4.90 Å². The van der Waals surface area contributed by atoms with E-state index >= 15 is 0 Å². The summed E-state index contributed by atoms with van der Waals surface area (Å²) in [5.41, 5.74) is 4.06. The van der Waals surface area contributed by atoms with Crippen LogP contribution in [0.1, 0.15) is 41.4 Å². The van der Waals surface area contributed by atoms with E-state index in [1.165, 1.54) is 16.7 Å². The van der Waals surface area contributed by atoms with Crippen molar-refractivity contribution >= 4 is 0 Å². The summed E-state index contributed by atoms with van der Waals surface area (Å²) in [6.45, 7) is 4.11. The molecule has 0 spiro atoms. The Morgan fingerprint density at radius 3 is 2.62 bits per heavy atom. The molecule has 24 heavy (non-hydrogen) atoms. The van der Waals surface area contributed by atoms with Gasteiger partial charge in [0.2, 0.25) is 5.89 Å². The molecule has 0 aliphatic carbocycles. The maximum Gasteiger partial charge on any atom is 0.243 e. The van der Waals surface area contributed by atoms with Crippen molar-refractivity contribution in [2.45, 2.75) is 32.4 Å². The fraction of sp³-hybridized carbons (Fsp3) is 0.300. The standard InChI is InChI=1S/C20H21N3O/c1-15(23-12-11-17-9-5-6-10-18(17)14-23)20-21-19(22-24-20)13-16-7-3-2-4-8-16/h2-10,15H,11-14H2,1H3. The number of rotatable bonds is 4. The molecule has 2 heterocycles. The van der Waals surface area contributed by atoms with E-state index in [1.807, 2.05) is 18.2 Å². The summed E-state index contributed by atoms with van der Waals surface area (Å²) in [5, 5.41) is 4.16. The van der Waals surface area contributed by atoms with Crippen LogP contribution in [0.3, 0.4) is 0 Å². The van der Waals surface area contributed by atoms with Crippen LogP contribution in [0, 0.1) is 0 Å². The first-order chi connectivity index (χ1) is 11.8. The summed E-state index contributed by atoms with van der Waals surface area (Å²) < 4.78 is 5.54. The third-order valence-electron chi connectivity index (χ3n) is 4.75. The van der Waals surface area contributed by atoms with Gasteiger partial charge in [0, 0.05) is 19.5 Å². The molecule has 4 rings (SSSR count). The minimum Gasteiger partial charge on any atom is -0.338 e. The number of fused-ring (bicyclic) bond motifs is 1. The zero-order valence-corrected chi connectivity index (χ0v) is 13.9. The van der Waals surface area contributed by atoms with Crippen LogP contribution >= 0.6 is 0 Å². The molecule has 1 aliphatic rings. The highest BCUT2D eigenvalue weighted by Crippen LogP contribution is 2.26. The van der Waals surface area contributed by atoms with Gasteiger partial charge in [-0.05, 0) is 30.0 Å². The highest BCUT2D eigenvalue weighted by molar-refractivity contribution is 5.29. The molecular formula is C20H21N3O. The van der Waals surface area contributed by atoms with Gasteiger partial charge in [0.15, 0.2) is 5.82 Å². The van der Waals surface area contributed by atoms with Crippen molar-refractivity contribution in [3.05, 3.63) is 83.0 Å². The molecule has 4 nitrogen and oxygen atoms in total. The first kappa shape index (κ1) is 15.1. The highest BCUT2D eigenvalue weighted by Gasteiger charge is 2.25. The van der Waals surface area contributed by atoms with Gasteiger partial charge in [-0.2, -0.15) is 4.98 Å². The van der Waals surface area contributed by atoms with E-state index in [2.05, 4.69) is 58.4 Å². The topological polar surface area (TPSA) is 42.2 Å². The van der Waals surface area contributed by atoms with Crippen molar-refractivity contribution in [3.8, 4) is 0 Å². The third kappa shape index (κ3) is 3.10. The predicted octanol–water partition coefficient (Wildman–Crippen LogP) is 3.78. The smallest absolute Gasteiger partial charge is 0.243 e. The summed E-state index contributed by atoms with van der Waals surface area (Å²) >= 11 is 0. The average molecular weight is 319 g/mol. The zero-order valence-electron chi connectivity index (χ0n) is 13.9. The van der Waals surface area contributed by atoms with E-state index in [1.54, 1.807) is 0 Å². The van der Waals surface area contributed by atoms with E-state index in [0.717, 1.165) is 25.3 Å². The fourth-order valence-electron chi connectivity index (χ4n) is 3.29. The van der Waals surface area contributed by atoms with Gasteiger partial charge >= 0.3 is 0 Å². The third-order valence-corrected chi connectivity index (χ3v) is 4.75. The van der Waals surface area contributed by atoms with Crippen molar-refractivity contribution in [1.29, 1.82) is 0 Å². The van der Waals surface area contributed by atoms with Crippen LogP contribution in [0.15, 0.2) is 59.1 Å². The van der Waals surface area contributed by atoms with Crippen molar-refractivity contribution in [2.24, 2.45) is 0 Å². The lowest BCUT2D eigenvalue weighted by molar-refractivity contribution is 0.158. The van der Waals surface area contributed by atoms with E-state index in [4.69, 9.17) is 4.52 Å². The van der Waals surface area contributed by atoms with Gasteiger partial charge in [-0.15, -0.1) is 0 Å². The Morgan fingerprint density at radius 2 is 1.79 bits per heavy atom. The predicted molar refractivity (Wildman–Crippen MR) is 92.5 cm³/mol. The normalized spacial score (nSPS) is 15.9. The molecule has 0 radical (unpaired) electrons. The average Bonchev–Trinajstić information content (AvgIpc) is 3.10. The van der Waals surface area contributed by atoms with Crippen molar-refractivity contribution in [3.63, 3.8) is 0 Å². The van der Waals surface area contributed by atoms with Crippen LogP contribution in [0.4, 0.5) is 0 Å². The molecule has 1 aromatic heterocycles. The molecular weight excluding hydrogens is 298 g/mol. The number of nitrogens with zero attached hydrogens (tertiary/aromatic N) is 3. The van der Waals surface area contributed by atoms with Gasteiger partial charge in [-0.1, -0.05) is 59.8 Å². The van der Waals surface area contributed by atoms with Gasteiger partial charge in [0.1, 0.15) is 0 Å². The lowest BCUT2D eigenvalue weighted by Crippen LogP contribution is -2.33. The highest BCUT2D eigenvalue weighted by atomic mass is 16.5. The molecule has 2 aromatic carbocycles. The maximum atomic E-state index is 5.54. The Morgan fingerprint density at radius 1 is 1.04 bits per heavy atom. The van der Waals surface area contributed by atoms with Crippen molar-refractivity contribution in [2.75, 3.05) is 6.54 Å². The molecule has 1 atom stereocenters. The molecule has 1 unspecified atom stereocenters. The molecule has 4 heteroatoms. The Labute approximate surface area is 142 Å². The Kier molecular flexibility index (Phi) is 4.13. The minimum atomic E-state index is 0.135. The van der Waals surface area contributed by atoms with E-state index in [9.17, 15) is 0 Å². The number of hydrogen-bond acceptors (Lipinski definition) is 4. The Hall–Kier alpha value is -2.46. The van der Waals surface area contributed by atoms with Crippen LogP contribution in [-0.2, 0) is 19.4 Å². The van der Waals surface area contributed by atoms with Crippen LogP contribution in [0.25, 0.3) is 0 Å². The first-order valence-corrected chi connectivity index (χ1v) is 8.47. The molecule has 0 saturated carbocycles. The largest absolute Gasteiger partial charge is 0.338 e. The SMILES string of the molecule is CC(c1nc(Cc2ccccc2)no1)N1CCc2ccccc2C1. The van der Waals surface area contributed by atoms with Gasteiger partial charge < -0.3 is 4.52 Å². The van der Waals surface area contributed by atoms with Crippen LogP contribution in [0.2, 0.25) is 0 Å². The van der Waals surface area contributed by atoms with Crippen LogP contribution in [-0.4, -0.2) is 21.6 Å². The van der Waals surface area contributed by atoms with Crippen molar-refractivity contribution < 1.29 is 4.52 Å². The van der Waals surface area contributed by atoms with Crippen LogP contribution in [0.5, 0.6) is 0 Å². The van der Waals surface area contributed by atoms with E-state index < -0.39 is 0 Å². The zero-order chi connectivity index (χ0) is 16.4. The second-order valence-corrected chi connectivity index (χ2v) is 6.38. The summed E-state index contributed by atoms with van der Waals surface area (Å²) in [5.74, 6) is 1.46. The van der Waals surface area contributed by atoms with E-state index in [-0.39, 0.29) is 6.04 Å². The number of aromatic nitrogens is 2. The number of hydrogen-bond donors (Lipinski definition) is 0. The van der Waals surface area contributed by atoms with Gasteiger partial charge in [-0.25, -0.2) is 0 Å². The van der Waals surface area contributed by atoms with E-state index in [0.29, 0.717) is 12.3 Å². The fourth-order valence-corrected chi connectivity index (χ4v) is 3.29.